The molecule has 0 aliphatic heterocycles. The van der Waals surface area contributed by atoms with Crippen LogP contribution < -0.4 is 0 Å². The molecule has 2 aromatic rings. The van der Waals surface area contributed by atoms with Gasteiger partial charge in [-0.3, -0.25) is 0 Å². The zero-order valence-electron chi connectivity index (χ0n) is 10.8. The summed E-state index contributed by atoms with van der Waals surface area (Å²) < 4.78 is 0. The van der Waals surface area contributed by atoms with Gasteiger partial charge in [0.05, 0.1) is 0 Å². The summed E-state index contributed by atoms with van der Waals surface area (Å²) in [6.45, 7) is 0. The van der Waals surface area contributed by atoms with Crippen LogP contribution in [0.3, 0.4) is 0 Å². The van der Waals surface area contributed by atoms with Crippen molar-refractivity contribution in [3.8, 4) is 23.3 Å². The second kappa shape index (κ2) is 9.45. The highest BCUT2D eigenvalue weighted by molar-refractivity contribution is 5.62. The highest BCUT2D eigenvalue weighted by Gasteiger charge is 1.95. The first-order chi connectivity index (χ1) is 9.38. The maximum absolute atomic E-state index is 7.26. The molecule has 0 aromatic heterocycles. The Balaban J connectivity index is 0.000000213. The Bertz CT molecular complexity index is 479. The number of hydrogen-bond donors (Lipinski definition) is 0. The Kier molecular flexibility index (Phi) is 7.20. The zero-order chi connectivity index (χ0) is 13.8. The molecule has 0 spiro atoms. The Morgan fingerprint density at radius 3 is 1.11 bits per heavy atom. The molecule has 0 bridgehead atoms. The number of hydrogen-bond acceptors (Lipinski definition) is 2. The molecule has 0 saturated heterocycles. The van der Waals surface area contributed by atoms with Gasteiger partial charge < -0.3 is 0 Å². The first-order valence-corrected chi connectivity index (χ1v) is 6.27. The lowest BCUT2D eigenvalue weighted by Crippen LogP contribution is -1.73. The summed E-state index contributed by atoms with van der Waals surface area (Å²) in [5, 5.41) is 14.5. The highest BCUT2D eigenvalue weighted by Crippen LogP contribution is 2.17. The van der Waals surface area contributed by atoms with Crippen LogP contribution in [0.5, 0.6) is 0 Å². The largest absolute Gasteiger partial charge is 0.181 e. The molecule has 94 valence electrons. The van der Waals surface area contributed by atoms with Crippen LogP contribution in [-0.2, 0) is 0 Å². The van der Waals surface area contributed by atoms with E-state index in [4.69, 9.17) is 10.5 Å². The molecular formula is C17H16N2. The molecule has 0 amide bonds. The van der Waals surface area contributed by atoms with Crippen molar-refractivity contribution < 1.29 is 0 Å². The van der Waals surface area contributed by atoms with Crippen LogP contribution in [0.15, 0.2) is 60.7 Å². The summed E-state index contributed by atoms with van der Waals surface area (Å²) in [7, 11) is 0. The fourth-order valence-electron chi connectivity index (χ4n) is 1.26. The minimum absolute atomic E-state index is 1.24. The topological polar surface area (TPSA) is 47.6 Å². The van der Waals surface area contributed by atoms with Gasteiger partial charge in [-0.15, -0.1) is 0 Å². The summed E-state index contributed by atoms with van der Waals surface area (Å²) in [5.41, 5.74) is 2.55. The minimum Gasteiger partial charge on any atom is -0.181 e. The van der Waals surface area contributed by atoms with Gasteiger partial charge in [-0.05, 0) is 11.1 Å². The molecule has 0 heterocycles. The average molecular weight is 248 g/mol. The third-order valence-corrected chi connectivity index (χ3v) is 2.28. The lowest BCUT2D eigenvalue weighted by Gasteiger charge is -1.98. The van der Waals surface area contributed by atoms with Crippen molar-refractivity contribution in [1.29, 1.82) is 10.5 Å². The number of rotatable bonds is 1. The Hall–Kier alpha value is -2.58. The van der Waals surface area contributed by atoms with Crippen molar-refractivity contribution in [2.24, 2.45) is 0 Å². The molecule has 2 aromatic carbocycles. The summed E-state index contributed by atoms with van der Waals surface area (Å²) in [4.78, 5) is 0. The van der Waals surface area contributed by atoms with E-state index in [0.29, 0.717) is 0 Å². The van der Waals surface area contributed by atoms with Crippen molar-refractivity contribution in [3.05, 3.63) is 60.7 Å². The summed E-state index contributed by atoms with van der Waals surface area (Å²) in [5.74, 6) is 0. The molecule has 0 N–H and O–H groups in total. The van der Waals surface area contributed by atoms with Crippen molar-refractivity contribution >= 4 is 0 Å². The first-order valence-electron chi connectivity index (χ1n) is 6.27. The molecule has 1 fully saturated rings. The molecule has 3 rings (SSSR count). The maximum atomic E-state index is 7.26. The van der Waals surface area contributed by atoms with Crippen molar-refractivity contribution in [3.63, 3.8) is 0 Å². The standard InChI is InChI=1S/C12H10.C3H6.C2N2/c1-3-7-11(8-4-1)12-9-5-2-6-10-12;1-2-3-1;3-1-2-4/h1-10H;1-3H2;. The van der Waals surface area contributed by atoms with E-state index in [-0.39, 0.29) is 0 Å². The van der Waals surface area contributed by atoms with Gasteiger partial charge in [0.2, 0.25) is 0 Å². The fraction of sp³-hybridized carbons (Fsp3) is 0.176. The molecule has 1 saturated carbocycles. The lowest BCUT2D eigenvalue weighted by atomic mass is 10.1. The number of benzene rings is 2. The smallest absolute Gasteiger partial charge is 0.181 e. The van der Waals surface area contributed by atoms with Gasteiger partial charge in [-0.2, -0.15) is 10.5 Å². The molecule has 2 heteroatoms. The van der Waals surface area contributed by atoms with E-state index in [1.807, 2.05) is 12.1 Å². The molecule has 19 heavy (non-hydrogen) atoms. The third kappa shape index (κ3) is 7.36. The molecule has 0 atom stereocenters. The van der Waals surface area contributed by atoms with Crippen LogP contribution in [-0.4, -0.2) is 0 Å². The van der Waals surface area contributed by atoms with Gasteiger partial charge in [0.25, 0.3) is 0 Å². The van der Waals surface area contributed by atoms with Gasteiger partial charge >= 0.3 is 0 Å². The van der Waals surface area contributed by atoms with Crippen LogP contribution >= 0.6 is 0 Å². The van der Waals surface area contributed by atoms with Crippen LogP contribution in [0.4, 0.5) is 0 Å². The van der Waals surface area contributed by atoms with Crippen LogP contribution in [0.2, 0.25) is 0 Å². The summed E-state index contributed by atoms with van der Waals surface area (Å²) in [6, 6.07) is 23.3. The maximum Gasteiger partial charge on any atom is 0.181 e. The van der Waals surface area contributed by atoms with Crippen molar-refractivity contribution in [1.82, 2.24) is 0 Å². The van der Waals surface area contributed by atoms with Gasteiger partial charge in [0.1, 0.15) is 0 Å². The van der Waals surface area contributed by atoms with Gasteiger partial charge in [-0.1, -0.05) is 79.9 Å². The predicted molar refractivity (Wildman–Crippen MR) is 77.0 cm³/mol. The second-order valence-corrected chi connectivity index (χ2v) is 4.02. The van der Waals surface area contributed by atoms with E-state index in [9.17, 15) is 0 Å². The monoisotopic (exact) mass is 248 g/mol. The first kappa shape index (κ1) is 14.5. The van der Waals surface area contributed by atoms with E-state index in [0.717, 1.165) is 0 Å². The van der Waals surface area contributed by atoms with E-state index < -0.39 is 0 Å². The molecule has 0 unspecified atom stereocenters. The van der Waals surface area contributed by atoms with Crippen LogP contribution in [0.25, 0.3) is 11.1 Å². The fourth-order valence-corrected chi connectivity index (χ4v) is 1.26. The minimum atomic E-state index is 1.24. The van der Waals surface area contributed by atoms with Gasteiger partial charge in [0.15, 0.2) is 12.1 Å². The number of nitriles is 2. The van der Waals surface area contributed by atoms with Crippen LogP contribution in [0, 0.1) is 22.7 Å². The highest BCUT2D eigenvalue weighted by atomic mass is 14.3. The average Bonchev–Trinajstić information content (AvgIpc) is 3.38. The Morgan fingerprint density at radius 2 is 0.895 bits per heavy atom. The molecular weight excluding hydrogens is 232 g/mol. The van der Waals surface area contributed by atoms with Crippen molar-refractivity contribution in [2.75, 3.05) is 0 Å². The molecule has 1 aliphatic rings. The molecule has 0 radical (unpaired) electrons. The lowest BCUT2D eigenvalue weighted by molar-refractivity contribution is 1.49. The van der Waals surface area contributed by atoms with E-state index >= 15 is 0 Å². The molecule has 1 aliphatic carbocycles. The Labute approximate surface area is 114 Å². The second-order valence-electron chi connectivity index (χ2n) is 4.02. The third-order valence-electron chi connectivity index (χ3n) is 2.28. The normalized spacial score (nSPS) is 10.4. The van der Waals surface area contributed by atoms with Gasteiger partial charge in [0, 0.05) is 0 Å². The molecule has 2 nitrogen and oxygen atoms in total. The van der Waals surface area contributed by atoms with E-state index in [2.05, 4.69) is 48.5 Å². The predicted octanol–water partition coefficient (Wildman–Crippen LogP) is 4.56. The SMILES string of the molecule is C1CC1.N#CC#N.c1ccc(-c2ccccc2)cc1. The van der Waals surface area contributed by atoms with Crippen molar-refractivity contribution in [2.45, 2.75) is 19.3 Å². The Morgan fingerprint density at radius 1 is 0.579 bits per heavy atom. The quantitative estimate of drug-likeness (QED) is 0.742. The van der Waals surface area contributed by atoms with E-state index in [1.165, 1.54) is 42.5 Å². The zero-order valence-corrected chi connectivity index (χ0v) is 10.8. The summed E-state index contributed by atoms with van der Waals surface area (Å²) >= 11 is 0. The van der Waals surface area contributed by atoms with Crippen LogP contribution in [0.1, 0.15) is 19.3 Å². The number of nitrogens with zero attached hydrogens (tertiary/aromatic N) is 2. The summed E-state index contributed by atoms with van der Waals surface area (Å²) in [6.07, 6.45) is 4.50. The van der Waals surface area contributed by atoms with Gasteiger partial charge in [-0.25, -0.2) is 0 Å². The van der Waals surface area contributed by atoms with E-state index in [1.54, 1.807) is 0 Å².